The van der Waals surface area contributed by atoms with Crippen LogP contribution in [0.2, 0.25) is 0 Å². The maximum absolute atomic E-state index is 11.4. The fraction of sp³-hybridized carbons (Fsp3) is 0.889. The Bertz CT molecular complexity index is 166. The van der Waals surface area contributed by atoms with Gasteiger partial charge in [-0.1, -0.05) is 6.42 Å². The van der Waals surface area contributed by atoms with E-state index in [1.807, 2.05) is 18.9 Å². The highest BCUT2D eigenvalue weighted by molar-refractivity contribution is 7.81. The molecule has 1 rings (SSSR count). The van der Waals surface area contributed by atoms with Crippen molar-refractivity contribution in [2.24, 2.45) is 5.92 Å². The summed E-state index contributed by atoms with van der Waals surface area (Å²) >= 11 is 4.11. The average molecular weight is 187 g/mol. The Hall–Kier alpha value is -0.180. The van der Waals surface area contributed by atoms with Crippen LogP contribution in [0, 0.1) is 5.92 Å². The number of hydrogen-bond acceptors (Lipinski definition) is 2. The minimum absolute atomic E-state index is 0.144. The second kappa shape index (κ2) is 4.17. The fourth-order valence-electron chi connectivity index (χ4n) is 1.47. The molecule has 1 aliphatic rings. The number of hydrogen-bond donors (Lipinski definition) is 1. The van der Waals surface area contributed by atoms with Crippen molar-refractivity contribution in [3.63, 3.8) is 0 Å². The predicted molar refractivity (Wildman–Crippen MR) is 53.4 cm³/mol. The second-order valence-electron chi connectivity index (χ2n) is 3.69. The first-order chi connectivity index (χ1) is 5.61. The molecule has 0 aliphatic heterocycles. The third kappa shape index (κ3) is 2.41. The Balaban J connectivity index is 2.26. The van der Waals surface area contributed by atoms with Gasteiger partial charge in [-0.05, 0) is 25.7 Å². The number of nitrogens with zero attached hydrogens (tertiary/aromatic N) is 1. The summed E-state index contributed by atoms with van der Waals surface area (Å²) in [5.41, 5.74) is 0. The van der Waals surface area contributed by atoms with Gasteiger partial charge in [0.15, 0.2) is 0 Å². The number of carbonyl (C=O) groups is 1. The SMILES string of the molecule is CC(S)C(=O)N(C)CC1CCC1. The number of rotatable bonds is 3. The van der Waals surface area contributed by atoms with Crippen LogP contribution in [-0.2, 0) is 4.79 Å². The van der Waals surface area contributed by atoms with Crippen molar-refractivity contribution in [2.45, 2.75) is 31.4 Å². The summed E-state index contributed by atoms with van der Waals surface area (Å²) in [6.45, 7) is 2.74. The van der Waals surface area contributed by atoms with Gasteiger partial charge in [-0.3, -0.25) is 4.79 Å². The van der Waals surface area contributed by atoms with Crippen LogP contribution in [0.25, 0.3) is 0 Å². The van der Waals surface area contributed by atoms with E-state index in [1.165, 1.54) is 19.3 Å². The lowest BCUT2D eigenvalue weighted by Gasteiger charge is -2.30. The summed E-state index contributed by atoms with van der Waals surface area (Å²) in [4.78, 5) is 13.2. The molecule has 0 aromatic carbocycles. The van der Waals surface area contributed by atoms with Crippen molar-refractivity contribution in [3.8, 4) is 0 Å². The maximum atomic E-state index is 11.4. The van der Waals surface area contributed by atoms with E-state index in [0.29, 0.717) is 0 Å². The highest BCUT2D eigenvalue weighted by Gasteiger charge is 2.22. The fourth-order valence-corrected chi connectivity index (χ4v) is 1.67. The van der Waals surface area contributed by atoms with Crippen LogP contribution in [0.3, 0.4) is 0 Å². The Kier molecular flexibility index (Phi) is 3.44. The van der Waals surface area contributed by atoms with Crippen molar-refractivity contribution in [1.29, 1.82) is 0 Å². The Morgan fingerprint density at radius 3 is 2.58 bits per heavy atom. The van der Waals surface area contributed by atoms with E-state index < -0.39 is 0 Å². The standard InChI is InChI=1S/C9H17NOS/c1-7(12)9(11)10(2)6-8-4-3-5-8/h7-8,12H,3-6H2,1-2H3. The zero-order valence-electron chi connectivity index (χ0n) is 7.79. The van der Waals surface area contributed by atoms with E-state index in [-0.39, 0.29) is 11.2 Å². The van der Waals surface area contributed by atoms with E-state index in [4.69, 9.17) is 0 Å². The second-order valence-corrected chi connectivity index (χ2v) is 4.47. The molecular formula is C9H17NOS. The van der Waals surface area contributed by atoms with Gasteiger partial charge in [0.25, 0.3) is 0 Å². The molecule has 1 aliphatic carbocycles. The summed E-state index contributed by atoms with van der Waals surface area (Å²) < 4.78 is 0. The predicted octanol–water partition coefficient (Wildman–Crippen LogP) is 1.56. The van der Waals surface area contributed by atoms with E-state index in [2.05, 4.69) is 12.6 Å². The number of carbonyl (C=O) groups excluding carboxylic acids is 1. The first-order valence-corrected chi connectivity index (χ1v) is 5.06. The van der Waals surface area contributed by atoms with Crippen LogP contribution in [0.15, 0.2) is 0 Å². The molecule has 1 amide bonds. The van der Waals surface area contributed by atoms with E-state index >= 15 is 0 Å². The van der Waals surface area contributed by atoms with Crippen molar-refractivity contribution >= 4 is 18.5 Å². The van der Waals surface area contributed by atoms with Gasteiger partial charge in [-0.25, -0.2) is 0 Å². The van der Waals surface area contributed by atoms with Crippen molar-refractivity contribution in [1.82, 2.24) is 4.90 Å². The molecule has 0 saturated heterocycles. The van der Waals surface area contributed by atoms with E-state index in [0.717, 1.165) is 12.5 Å². The van der Waals surface area contributed by atoms with Gasteiger partial charge in [0.1, 0.15) is 0 Å². The van der Waals surface area contributed by atoms with Crippen LogP contribution in [0.1, 0.15) is 26.2 Å². The van der Waals surface area contributed by atoms with Gasteiger partial charge < -0.3 is 4.90 Å². The Morgan fingerprint density at radius 2 is 2.25 bits per heavy atom. The molecule has 0 radical (unpaired) electrons. The molecule has 0 spiro atoms. The zero-order chi connectivity index (χ0) is 9.14. The third-order valence-corrected chi connectivity index (χ3v) is 2.71. The topological polar surface area (TPSA) is 20.3 Å². The van der Waals surface area contributed by atoms with Crippen LogP contribution < -0.4 is 0 Å². The van der Waals surface area contributed by atoms with Gasteiger partial charge >= 0.3 is 0 Å². The van der Waals surface area contributed by atoms with E-state index in [9.17, 15) is 4.79 Å². The largest absolute Gasteiger partial charge is 0.345 e. The Labute approximate surface area is 79.7 Å². The molecule has 1 atom stereocenters. The first kappa shape index (κ1) is 9.90. The monoisotopic (exact) mass is 187 g/mol. The lowest BCUT2D eigenvalue weighted by atomic mass is 9.85. The maximum Gasteiger partial charge on any atom is 0.234 e. The minimum atomic E-state index is -0.157. The van der Waals surface area contributed by atoms with Gasteiger partial charge in [0, 0.05) is 13.6 Å². The molecule has 1 saturated carbocycles. The van der Waals surface area contributed by atoms with Crippen LogP contribution in [-0.4, -0.2) is 29.6 Å². The Morgan fingerprint density at radius 1 is 1.67 bits per heavy atom. The lowest BCUT2D eigenvalue weighted by Crippen LogP contribution is -2.37. The average Bonchev–Trinajstić information content (AvgIpc) is 1.94. The molecule has 2 nitrogen and oxygen atoms in total. The van der Waals surface area contributed by atoms with Crippen molar-refractivity contribution in [3.05, 3.63) is 0 Å². The van der Waals surface area contributed by atoms with Crippen molar-refractivity contribution in [2.75, 3.05) is 13.6 Å². The summed E-state index contributed by atoms with van der Waals surface area (Å²) in [5, 5.41) is -0.157. The zero-order valence-corrected chi connectivity index (χ0v) is 8.68. The molecule has 0 N–H and O–H groups in total. The smallest absolute Gasteiger partial charge is 0.234 e. The van der Waals surface area contributed by atoms with Crippen LogP contribution in [0.5, 0.6) is 0 Å². The normalized spacial score (nSPS) is 19.9. The van der Waals surface area contributed by atoms with Crippen LogP contribution in [0.4, 0.5) is 0 Å². The highest BCUT2D eigenvalue weighted by atomic mass is 32.1. The molecule has 0 aromatic heterocycles. The van der Waals surface area contributed by atoms with E-state index in [1.54, 1.807) is 0 Å². The minimum Gasteiger partial charge on any atom is -0.345 e. The highest BCUT2D eigenvalue weighted by Crippen LogP contribution is 2.26. The molecule has 1 fully saturated rings. The molecule has 1 unspecified atom stereocenters. The molecule has 12 heavy (non-hydrogen) atoms. The summed E-state index contributed by atoms with van der Waals surface area (Å²) in [6.07, 6.45) is 3.92. The summed E-state index contributed by atoms with van der Waals surface area (Å²) in [6, 6.07) is 0. The molecule has 3 heteroatoms. The number of amides is 1. The van der Waals surface area contributed by atoms with Gasteiger partial charge in [0.2, 0.25) is 5.91 Å². The molecule has 70 valence electrons. The number of thiol groups is 1. The third-order valence-electron chi connectivity index (χ3n) is 2.49. The lowest BCUT2D eigenvalue weighted by molar-refractivity contribution is -0.129. The van der Waals surface area contributed by atoms with Crippen LogP contribution >= 0.6 is 12.6 Å². The van der Waals surface area contributed by atoms with Gasteiger partial charge in [-0.15, -0.1) is 0 Å². The molecular weight excluding hydrogens is 170 g/mol. The summed E-state index contributed by atoms with van der Waals surface area (Å²) in [5.74, 6) is 0.899. The molecule has 0 aromatic rings. The van der Waals surface area contributed by atoms with Gasteiger partial charge in [0.05, 0.1) is 5.25 Å². The van der Waals surface area contributed by atoms with Crippen molar-refractivity contribution < 1.29 is 4.79 Å². The molecule has 0 bridgehead atoms. The summed E-state index contributed by atoms with van der Waals surface area (Å²) in [7, 11) is 1.87. The first-order valence-electron chi connectivity index (χ1n) is 4.54. The van der Waals surface area contributed by atoms with Gasteiger partial charge in [-0.2, -0.15) is 12.6 Å². The molecule has 0 heterocycles. The quantitative estimate of drug-likeness (QED) is 0.665.